The highest BCUT2D eigenvalue weighted by molar-refractivity contribution is 7.45. The fourth-order valence-electron chi connectivity index (χ4n) is 7.86. The molecule has 3 atom stereocenters. The van der Waals surface area contributed by atoms with Crippen LogP contribution >= 0.6 is 7.82 Å². The minimum atomic E-state index is -4.70. The van der Waals surface area contributed by atoms with Gasteiger partial charge in [0.1, 0.15) is 19.3 Å². The van der Waals surface area contributed by atoms with Crippen molar-refractivity contribution in [3.8, 4) is 0 Å². The summed E-state index contributed by atoms with van der Waals surface area (Å²) in [7, 11) is 1.16. The van der Waals surface area contributed by atoms with Gasteiger partial charge in [-0.05, 0) is 83.1 Å². The molecule has 0 spiro atoms. The highest BCUT2D eigenvalue weighted by atomic mass is 31.2. The molecule has 9 nitrogen and oxygen atoms in total. The number of carbonyl (C=O) groups excluding carboxylic acids is 2. The lowest BCUT2D eigenvalue weighted by molar-refractivity contribution is -0.870. The number of esters is 1. The second-order valence-corrected chi connectivity index (χ2v) is 21.5. The number of ether oxygens (including phenoxy) is 1. The van der Waals surface area contributed by atoms with Crippen molar-refractivity contribution < 1.29 is 37.3 Å². The zero-order valence-electron chi connectivity index (χ0n) is 44.6. The molecule has 0 aromatic carbocycles. The third kappa shape index (κ3) is 48.8. The summed E-state index contributed by atoms with van der Waals surface area (Å²) in [6, 6.07) is -0.905. The first-order chi connectivity index (χ1) is 32.4. The van der Waals surface area contributed by atoms with Crippen LogP contribution in [0.15, 0.2) is 48.6 Å². The van der Waals surface area contributed by atoms with Crippen molar-refractivity contribution in [3.63, 3.8) is 0 Å². The second-order valence-electron chi connectivity index (χ2n) is 20.1. The SMILES string of the molecule is CCCCCCCC/C=C\CCCCCC(=O)OC(/C=C/CCCCCCCCCCCC)C(COP(=O)([O-])OCC[N+](C)(C)C)NC(=O)CCCCC/C=C/C=C/CCCCCCCCC. The average Bonchev–Trinajstić information content (AvgIpc) is 3.28. The highest BCUT2D eigenvalue weighted by Crippen LogP contribution is 2.38. The van der Waals surface area contributed by atoms with Gasteiger partial charge in [-0.1, -0.05) is 205 Å². The zero-order chi connectivity index (χ0) is 49.4. The fourth-order valence-corrected chi connectivity index (χ4v) is 8.58. The number of rotatable bonds is 50. The molecule has 67 heavy (non-hydrogen) atoms. The van der Waals surface area contributed by atoms with Crippen molar-refractivity contribution in [1.29, 1.82) is 0 Å². The van der Waals surface area contributed by atoms with Crippen LogP contribution in [0.25, 0.3) is 0 Å². The first kappa shape index (κ1) is 65.0. The molecule has 0 aromatic heterocycles. The second kappa shape index (κ2) is 47.6. The van der Waals surface area contributed by atoms with E-state index in [1.165, 1.54) is 135 Å². The molecule has 1 amide bonds. The van der Waals surface area contributed by atoms with Gasteiger partial charge in [0, 0.05) is 12.8 Å². The number of hydrogen-bond acceptors (Lipinski definition) is 7. The van der Waals surface area contributed by atoms with Crippen molar-refractivity contribution in [3.05, 3.63) is 48.6 Å². The van der Waals surface area contributed by atoms with E-state index in [1.807, 2.05) is 33.3 Å². The summed E-state index contributed by atoms with van der Waals surface area (Å²) < 4.78 is 30.1. The molecule has 0 aliphatic carbocycles. The van der Waals surface area contributed by atoms with Crippen LogP contribution in [-0.4, -0.2) is 69.4 Å². The maximum atomic E-state index is 13.4. The zero-order valence-corrected chi connectivity index (χ0v) is 45.5. The van der Waals surface area contributed by atoms with E-state index in [1.54, 1.807) is 0 Å². The number of allylic oxidation sites excluding steroid dienone is 7. The van der Waals surface area contributed by atoms with E-state index >= 15 is 0 Å². The number of phosphoric acid groups is 1. The van der Waals surface area contributed by atoms with Crippen molar-refractivity contribution in [2.45, 2.75) is 264 Å². The van der Waals surface area contributed by atoms with Gasteiger partial charge in [-0.25, -0.2) is 0 Å². The standard InChI is InChI=1S/C57H107N2O7P/c1-7-10-13-16-19-22-25-28-29-30-32-34-37-40-43-46-49-56(60)58-54(53-65-67(62,63)64-52-51-59(4,5)6)55(48-45-42-39-36-33-27-24-21-18-15-12-9-3)66-57(61)50-47-44-41-38-35-31-26-23-20-17-14-11-8-2/h29-32,34-35,45,48,54-55H,7-28,33,36-44,46-47,49-53H2,1-6H3,(H-,58,60,62,63)/b30-29+,34-32+,35-31-,48-45+. The molecule has 0 aliphatic heterocycles. The normalized spacial score (nSPS) is 14.2. The average molecular weight is 963 g/mol. The molecule has 0 heterocycles. The predicted octanol–water partition coefficient (Wildman–Crippen LogP) is 15.9. The Balaban J connectivity index is 5.44. The molecule has 0 fully saturated rings. The molecule has 0 rings (SSSR count). The Kier molecular flexibility index (Phi) is 46.2. The smallest absolute Gasteiger partial charge is 0.306 e. The Labute approximate surface area is 414 Å². The van der Waals surface area contributed by atoms with Gasteiger partial charge < -0.3 is 28.5 Å². The molecule has 0 saturated carbocycles. The van der Waals surface area contributed by atoms with Crippen molar-refractivity contribution >= 4 is 19.7 Å². The molecule has 0 saturated heterocycles. The fraction of sp³-hybridized carbons (Fsp3) is 0.825. The number of phosphoric ester groups is 1. The summed E-state index contributed by atoms with van der Waals surface area (Å²) in [6.45, 7) is 6.79. The Morgan fingerprint density at radius 3 is 1.36 bits per heavy atom. The van der Waals surface area contributed by atoms with Crippen LogP contribution in [0.4, 0.5) is 0 Å². The molecule has 0 aromatic rings. The summed E-state index contributed by atoms with van der Waals surface area (Å²) >= 11 is 0. The third-order valence-electron chi connectivity index (χ3n) is 12.3. The number of carbonyl (C=O) groups is 2. The molecule has 0 bridgehead atoms. The first-order valence-corrected chi connectivity index (χ1v) is 29.4. The number of unbranched alkanes of at least 4 members (excludes halogenated alkanes) is 29. The van der Waals surface area contributed by atoms with Gasteiger partial charge in [0.2, 0.25) is 5.91 Å². The topological polar surface area (TPSA) is 114 Å². The van der Waals surface area contributed by atoms with Gasteiger partial charge in [-0.2, -0.15) is 0 Å². The largest absolute Gasteiger partial charge is 0.756 e. The number of nitrogens with zero attached hydrogens (tertiary/aromatic N) is 1. The van der Waals surface area contributed by atoms with Crippen LogP contribution in [0, 0.1) is 0 Å². The number of quaternary nitrogens is 1. The Morgan fingerprint density at radius 2 is 0.910 bits per heavy atom. The van der Waals surface area contributed by atoms with Gasteiger partial charge in [0.05, 0.1) is 33.8 Å². The van der Waals surface area contributed by atoms with Crippen molar-refractivity contribution in [2.75, 3.05) is 40.9 Å². The van der Waals surface area contributed by atoms with Crippen LogP contribution in [0.2, 0.25) is 0 Å². The van der Waals surface area contributed by atoms with Crippen LogP contribution in [0.5, 0.6) is 0 Å². The van der Waals surface area contributed by atoms with Crippen LogP contribution < -0.4 is 10.2 Å². The molecule has 3 unspecified atom stereocenters. The Morgan fingerprint density at radius 1 is 0.522 bits per heavy atom. The third-order valence-corrected chi connectivity index (χ3v) is 13.2. The van der Waals surface area contributed by atoms with E-state index in [4.69, 9.17) is 13.8 Å². The van der Waals surface area contributed by atoms with E-state index in [0.717, 1.165) is 70.6 Å². The summed E-state index contributed by atoms with van der Waals surface area (Å²) in [5.74, 6) is -0.588. The van der Waals surface area contributed by atoms with E-state index in [9.17, 15) is 19.0 Å². The number of amides is 1. The molecular weight excluding hydrogens is 856 g/mol. The number of nitrogens with one attached hydrogen (secondary N) is 1. The van der Waals surface area contributed by atoms with Crippen molar-refractivity contribution in [1.82, 2.24) is 5.32 Å². The van der Waals surface area contributed by atoms with Gasteiger partial charge in [0.25, 0.3) is 7.82 Å². The summed E-state index contributed by atoms with van der Waals surface area (Å²) in [5.41, 5.74) is 0. The van der Waals surface area contributed by atoms with Gasteiger partial charge in [-0.15, -0.1) is 0 Å². The van der Waals surface area contributed by atoms with Crippen LogP contribution in [0.1, 0.15) is 252 Å². The van der Waals surface area contributed by atoms with Crippen molar-refractivity contribution in [2.24, 2.45) is 0 Å². The highest BCUT2D eigenvalue weighted by Gasteiger charge is 2.27. The molecule has 0 radical (unpaired) electrons. The van der Waals surface area contributed by atoms with Gasteiger partial charge >= 0.3 is 5.97 Å². The van der Waals surface area contributed by atoms with E-state index in [2.05, 4.69) is 62.5 Å². The Hall–Kier alpha value is -2.03. The molecule has 1 N–H and O–H groups in total. The van der Waals surface area contributed by atoms with Crippen LogP contribution in [-0.2, 0) is 27.9 Å². The van der Waals surface area contributed by atoms with E-state index in [-0.39, 0.29) is 31.3 Å². The van der Waals surface area contributed by atoms with E-state index in [0.29, 0.717) is 23.9 Å². The number of hydrogen-bond donors (Lipinski definition) is 1. The summed E-state index contributed by atoms with van der Waals surface area (Å²) in [4.78, 5) is 39.7. The first-order valence-electron chi connectivity index (χ1n) is 28.0. The molecule has 0 aliphatic rings. The van der Waals surface area contributed by atoms with Crippen LogP contribution in [0.3, 0.4) is 0 Å². The lowest BCUT2D eigenvalue weighted by atomic mass is 10.1. The number of likely N-dealkylation sites (N-methyl/N-ethyl adjacent to an activating group) is 1. The lowest BCUT2D eigenvalue weighted by Gasteiger charge is -2.30. The summed E-state index contributed by atoms with van der Waals surface area (Å²) in [5, 5.41) is 3.00. The monoisotopic (exact) mass is 963 g/mol. The maximum absolute atomic E-state index is 13.4. The van der Waals surface area contributed by atoms with Gasteiger partial charge in [0.15, 0.2) is 0 Å². The van der Waals surface area contributed by atoms with E-state index < -0.39 is 26.6 Å². The van der Waals surface area contributed by atoms with Gasteiger partial charge in [-0.3, -0.25) is 14.2 Å². The molecular formula is C57H107N2O7P. The maximum Gasteiger partial charge on any atom is 0.306 e. The Bertz CT molecular complexity index is 1290. The quantitative estimate of drug-likeness (QED) is 0.0161. The minimum Gasteiger partial charge on any atom is -0.756 e. The molecule has 392 valence electrons. The summed E-state index contributed by atoms with van der Waals surface area (Å²) in [6.07, 6.45) is 56.5. The lowest BCUT2D eigenvalue weighted by Crippen LogP contribution is -2.47. The predicted molar refractivity (Wildman–Crippen MR) is 284 cm³/mol. The minimum absolute atomic E-state index is 0.0296. The molecule has 10 heteroatoms.